The summed E-state index contributed by atoms with van der Waals surface area (Å²) >= 11 is 5.83. The first-order valence-electron chi connectivity index (χ1n) is 5.07. The standard InChI is InChI=1S/C12H15ClN2/c1-9(2)5-6-15-11-3-4-12(13)10(7-11)8-14/h3-4,7,9,15H,5-6H2,1-2H3. The number of anilines is 1. The van der Waals surface area contributed by atoms with Crippen molar-refractivity contribution in [3.8, 4) is 6.07 Å². The number of nitriles is 1. The van der Waals surface area contributed by atoms with Crippen LogP contribution in [0.15, 0.2) is 18.2 Å². The molecule has 0 fully saturated rings. The van der Waals surface area contributed by atoms with Gasteiger partial charge in [-0.3, -0.25) is 0 Å². The first-order valence-corrected chi connectivity index (χ1v) is 5.45. The molecule has 1 rings (SSSR count). The normalized spacial score (nSPS) is 10.1. The maximum Gasteiger partial charge on any atom is 0.101 e. The molecule has 1 aromatic carbocycles. The minimum absolute atomic E-state index is 0.506. The summed E-state index contributed by atoms with van der Waals surface area (Å²) in [6.07, 6.45) is 1.12. The van der Waals surface area contributed by atoms with E-state index in [1.807, 2.05) is 6.07 Å². The summed E-state index contributed by atoms with van der Waals surface area (Å²) in [7, 11) is 0. The monoisotopic (exact) mass is 222 g/mol. The largest absolute Gasteiger partial charge is 0.385 e. The maximum atomic E-state index is 8.79. The summed E-state index contributed by atoms with van der Waals surface area (Å²) in [6.45, 7) is 5.29. The predicted octanol–water partition coefficient (Wildman–Crippen LogP) is 3.67. The van der Waals surface area contributed by atoms with Gasteiger partial charge < -0.3 is 5.32 Å². The minimum Gasteiger partial charge on any atom is -0.385 e. The lowest BCUT2D eigenvalue weighted by molar-refractivity contribution is 0.607. The molecule has 0 heterocycles. The maximum absolute atomic E-state index is 8.79. The van der Waals surface area contributed by atoms with E-state index in [9.17, 15) is 0 Å². The van der Waals surface area contributed by atoms with Crippen LogP contribution in [-0.4, -0.2) is 6.54 Å². The Bertz CT molecular complexity index is 366. The molecule has 3 heteroatoms. The second-order valence-corrected chi connectivity index (χ2v) is 4.32. The van der Waals surface area contributed by atoms with Crippen molar-refractivity contribution in [2.75, 3.05) is 11.9 Å². The highest BCUT2D eigenvalue weighted by molar-refractivity contribution is 6.31. The van der Waals surface area contributed by atoms with E-state index in [1.165, 1.54) is 0 Å². The van der Waals surface area contributed by atoms with E-state index in [0.717, 1.165) is 18.7 Å². The lowest BCUT2D eigenvalue weighted by atomic mass is 10.1. The zero-order chi connectivity index (χ0) is 11.3. The summed E-state index contributed by atoms with van der Waals surface area (Å²) in [4.78, 5) is 0. The third-order valence-electron chi connectivity index (χ3n) is 2.14. The first kappa shape index (κ1) is 11.9. The van der Waals surface area contributed by atoms with E-state index in [0.29, 0.717) is 16.5 Å². The average molecular weight is 223 g/mol. The van der Waals surface area contributed by atoms with Crippen LogP contribution >= 0.6 is 11.6 Å². The summed E-state index contributed by atoms with van der Waals surface area (Å²) in [5, 5.41) is 12.6. The molecular formula is C12H15ClN2. The van der Waals surface area contributed by atoms with Crippen molar-refractivity contribution in [2.45, 2.75) is 20.3 Å². The van der Waals surface area contributed by atoms with E-state index in [1.54, 1.807) is 12.1 Å². The van der Waals surface area contributed by atoms with Gasteiger partial charge in [-0.05, 0) is 30.5 Å². The van der Waals surface area contributed by atoms with Crippen molar-refractivity contribution < 1.29 is 0 Å². The Hall–Kier alpha value is -1.20. The Morgan fingerprint density at radius 3 is 2.80 bits per heavy atom. The van der Waals surface area contributed by atoms with Gasteiger partial charge in [0.25, 0.3) is 0 Å². The predicted molar refractivity (Wildman–Crippen MR) is 64.1 cm³/mol. The van der Waals surface area contributed by atoms with Crippen molar-refractivity contribution in [1.29, 1.82) is 5.26 Å². The second-order valence-electron chi connectivity index (χ2n) is 3.92. The number of hydrogen-bond donors (Lipinski definition) is 1. The fourth-order valence-corrected chi connectivity index (χ4v) is 1.39. The van der Waals surface area contributed by atoms with Crippen LogP contribution < -0.4 is 5.32 Å². The van der Waals surface area contributed by atoms with E-state index < -0.39 is 0 Å². The van der Waals surface area contributed by atoms with Crippen LogP contribution in [0.5, 0.6) is 0 Å². The molecular weight excluding hydrogens is 208 g/mol. The van der Waals surface area contributed by atoms with E-state index in [-0.39, 0.29) is 0 Å². The Balaban J connectivity index is 2.60. The highest BCUT2D eigenvalue weighted by Crippen LogP contribution is 2.19. The Morgan fingerprint density at radius 2 is 2.20 bits per heavy atom. The number of benzene rings is 1. The zero-order valence-electron chi connectivity index (χ0n) is 9.05. The number of halogens is 1. The molecule has 0 saturated heterocycles. The molecule has 0 radical (unpaired) electrons. The van der Waals surface area contributed by atoms with Crippen molar-refractivity contribution in [3.63, 3.8) is 0 Å². The molecule has 0 bridgehead atoms. The zero-order valence-corrected chi connectivity index (χ0v) is 9.80. The molecule has 0 unspecified atom stereocenters. The number of rotatable bonds is 4. The number of nitrogens with zero attached hydrogens (tertiary/aromatic N) is 1. The molecule has 0 aliphatic rings. The van der Waals surface area contributed by atoms with Crippen molar-refractivity contribution in [2.24, 2.45) is 5.92 Å². The van der Waals surface area contributed by atoms with E-state index in [4.69, 9.17) is 16.9 Å². The van der Waals surface area contributed by atoms with Gasteiger partial charge in [0.05, 0.1) is 10.6 Å². The lowest BCUT2D eigenvalue weighted by Gasteiger charge is -2.08. The molecule has 0 atom stereocenters. The van der Waals surface area contributed by atoms with Gasteiger partial charge in [0.1, 0.15) is 6.07 Å². The number of nitrogens with one attached hydrogen (secondary N) is 1. The van der Waals surface area contributed by atoms with Crippen LogP contribution in [0, 0.1) is 17.2 Å². The smallest absolute Gasteiger partial charge is 0.101 e. The Kier molecular flexibility index (Phi) is 4.45. The summed E-state index contributed by atoms with van der Waals surface area (Å²) in [5.74, 6) is 0.681. The van der Waals surface area contributed by atoms with Gasteiger partial charge in [-0.25, -0.2) is 0 Å². The molecule has 0 saturated carbocycles. The highest BCUT2D eigenvalue weighted by atomic mass is 35.5. The third-order valence-corrected chi connectivity index (χ3v) is 2.47. The Labute approximate surface area is 95.9 Å². The molecule has 0 spiro atoms. The van der Waals surface area contributed by atoms with Crippen LogP contribution in [0.2, 0.25) is 5.02 Å². The Morgan fingerprint density at radius 1 is 1.47 bits per heavy atom. The van der Waals surface area contributed by atoms with Gasteiger partial charge in [-0.1, -0.05) is 25.4 Å². The van der Waals surface area contributed by atoms with E-state index >= 15 is 0 Å². The number of hydrogen-bond acceptors (Lipinski definition) is 2. The van der Waals surface area contributed by atoms with Crippen molar-refractivity contribution in [3.05, 3.63) is 28.8 Å². The van der Waals surface area contributed by atoms with Crippen LogP contribution in [0.1, 0.15) is 25.8 Å². The van der Waals surface area contributed by atoms with Crippen LogP contribution in [0.25, 0.3) is 0 Å². The molecule has 2 nitrogen and oxygen atoms in total. The minimum atomic E-state index is 0.506. The molecule has 0 aliphatic heterocycles. The average Bonchev–Trinajstić information content (AvgIpc) is 2.20. The van der Waals surface area contributed by atoms with Crippen LogP contribution in [0.4, 0.5) is 5.69 Å². The van der Waals surface area contributed by atoms with Crippen molar-refractivity contribution in [1.82, 2.24) is 0 Å². The molecule has 1 N–H and O–H groups in total. The van der Waals surface area contributed by atoms with E-state index in [2.05, 4.69) is 25.2 Å². The quantitative estimate of drug-likeness (QED) is 0.844. The van der Waals surface area contributed by atoms with Crippen molar-refractivity contribution >= 4 is 17.3 Å². The van der Waals surface area contributed by atoms with Gasteiger partial charge in [0.15, 0.2) is 0 Å². The molecule has 0 aromatic heterocycles. The fourth-order valence-electron chi connectivity index (χ4n) is 1.23. The molecule has 80 valence electrons. The fraction of sp³-hybridized carbons (Fsp3) is 0.417. The van der Waals surface area contributed by atoms with Gasteiger partial charge in [-0.2, -0.15) is 5.26 Å². The molecule has 1 aromatic rings. The van der Waals surface area contributed by atoms with Crippen LogP contribution in [-0.2, 0) is 0 Å². The summed E-state index contributed by atoms with van der Waals surface area (Å²) in [5.41, 5.74) is 1.47. The van der Waals surface area contributed by atoms with Gasteiger partial charge in [0.2, 0.25) is 0 Å². The van der Waals surface area contributed by atoms with Gasteiger partial charge in [-0.15, -0.1) is 0 Å². The molecule has 0 amide bonds. The topological polar surface area (TPSA) is 35.8 Å². The molecule has 0 aliphatic carbocycles. The summed E-state index contributed by atoms with van der Waals surface area (Å²) < 4.78 is 0. The van der Waals surface area contributed by atoms with Gasteiger partial charge >= 0.3 is 0 Å². The highest BCUT2D eigenvalue weighted by Gasteiger charge is 2.00. The summed E-state index contributed by atoms with van der Waals surface area (Å²) in [6, 6.07) is 7.48. The lowest BCUT2D eigenvalue weighted by Crippen LogP contribution is -2.04. The SMILES string of the molecule is CC(C)CCNc1ccc(Cl)c(C#N)c1. The second kappa shape index (κ2) is 5.63. The first-order chi connectivity index (χ1) is 7.13. The molecule has 15 heavy (non-hydrogen) atoms. The van der Waals surface area contributed by atoms with Crippen LogP contribution in [0.3, 0.4) is 0 Å². The van der Waals surface area contributed by atoms with Gasteiger partial charge in [0, 0.05) is 12.2 Å². The third kappa shape index (κ3) is 3.81.